The molecule has 1 amide bonds. The van der Waals surface area contributed by atoms with Crippen molar-refractivity contribution >= 4 is 46.4 Å². The van der Waals surface area contributed by atoms with Gasteiger partial charge in [0.1, 0.15) is 23.0 Å². The van der Waals surface area contributed by atoms with Gasteiger partial charge >= 0.3 is 5.97 Å². The third-order valence-electron chi connectivity index (χ3n) is 5.72. The van der Waals surface area contributed by atoms with Crippen molar-refractivity contribution in [1.29, 1.82) is 0 Å². The molecule has 0 unspecified atom stereocenters. The van der Waals surface area contributed by atoms with Crippen molar-refractivity contribution in [3.05, 3.63) is 110 Å². The molecule has 3 aromatic rings. The molecule has 1 aliphatic heterocycles. The highest BCUT2D eigenvalue weighted by molar-refractivity contribution is 8.18. The number of thioether (sulfide) groups is 1. The number of benzene rings is 3. The lowest BCUT2D eigenvalue weighted by atomic mass is 10.1. The minimum absolute atomic E-state index is 0.0688. The summed E-state index contributed by atoms with van der Waals surface area (Å²) in [4.78, 5) is 30.0. The van der Waals surface area contributed by atoms with E-state index >= 15 is 0 Å². The predicted octanol–water partition coefficient (Wildman–Crippen LogP) is 7.33. The smallest absolute Gasteiger partial charge is 0.344 e. The number of aryl methyl sites for hydroxylation is 1. The first-order valence-electron chi connectivity index (χ1n) is 12.6. The van der Waals surface area contributed by atoms with Gasteiger partial charge in [-0.25, -0.2) is 9.79 Å². The van der Waals surface area contributed by atoms with Crippen molar-refractivity contribution in [3.63, 3.8) is 0 Å². The van der Waals surface area contributed by atoms with Crippen LogP contribution in [0.25, 0.3) is 6.08 Å². The van der Waals surface area contributed by atoms with Crippen LogP contribution in [0.1, 0.15) is 40.9 Å². The van der Waals surface area contributed by atoms with E-state index in [0.29, 0.717) is 45.8 Å². The maximum atomic E-state index is 12.8. The molecule has 206 valence electrons. The topological polar surface area (TPSA) is 94.4 Å². The van der Waals surface area contributed by atoms with Crippen LogP contribution in [0.5, 0.6) is 11.5 Å². The zero-order chi connectivity index (χ0) is 28.6. The van der Waals surface area contributed by atoms with Gasteiger partial charge in [0.05, 0.1) is 18.1 Å². The minimum atomic E-state index is -0.758. The molecule has 0 atom stereocenters. The molecule has 0 bridgehead atoms. The predicted molar refractivity (Wildman–Crippen MR) is 158 cm³/mol. The molecule has 9 heteroatoms. The van der Waals surface area contributed by atoms with Crippen LogP contribution in [0.3, 0.4) is 0 Å². The van der Waals surface area contributed by atoms with E-state index in [2.05, 4.69) is 4.99 Å². The summed E-state index contributed by atoms with van der Waals surface area (Å²) in [5.74, 6) is -0.539. The third kappa shape index (κ3) is 7.14. The highest BCUT2D eigenvalue weighted by atomic mass is 35.5. The number of aliphatic imine (C=N–C) groups is 1. The lowest BCUT2D eigenvalue weighted by molar-refractivity contribution is -0.138. The quantitative estimate of drug-likeness (QED) is 0.266. The Morgan fingerprint density at radius 3 is 2.45 bits per heavy atom. The molecule has 1 aliphatic rings. The first-order chi connectivity index (χ1) is 19.3. The number of aliphatic hydroxyl groups excluding tert-OH is 1. The molecular formula is C31H28ClNO6S. The molecule has 0 spiro atoms. The van der Waals surface area contributed by atoms with E-state index in [1.165, 1.54) is 0 Å². The number of esters is 1. The zero-order valence-electron chi connectivity index (χ0n) is 22.3. The van der Waals surface area contributed by atoms with Crippen LogP contribution >= 0.6 is 23.4 Å². The van der Waals surface area contributed by atoms with Crippen molar-refractivity contribution in [2.45, 2.75) is 27.4 Å². The summed E-state index contributed by atoms with van der Waals surface area (Å²) < 4.78 is 16.9. The van der Waals surface area contributed by atoms with Gasteiger partial charge in [0.25, 0.3) is 5.91 Å². The van der Waals surface area contributed by atoms with E-state index < -0.39 is 11.9 Å². The molecule has 0 aromatic heterocycles. The molecule has 1 N–H and O–H groups in total. The molecule has 0 saturated carbocycles. The fourth-order valence-electron chi connectivity index (χ4n) is 3.79. The Morgan fingerprint density at radius 1 is 0.975 bits per heavy atom. The van der Waals surface area contributed by atoms with Gasteiger partial charge in [-0.2, -0.15) is 0 Å². The summed E-state index contributed by atoms with van der Waals surface area (Å²) in [5.41, 5.74) is 2.82. The maximum Gasteiger partial charge on any atom is 0.344 e. The molecule has 40 heavy (non-hydrogen) atoms. The second-order valence-corrected chi connectivity index (χ2v) is 10.2. The van der Waals surface area contributed by atoms with Crippen LogP contribution in [0.4, 0.5) is 0 Å². The lowest BCUT2D eigenvalue weighted by Crippen LogP contribution is -2.14. The van der Waals surface area contributed by atoms with Gasteiger partial charge in [-0.15, -0.1) is 0 Å². The Kier molecular flexibility index (Phi) is 9.69. The standard InChI is InChI=1S/C31H28ClNO6S/c1-4-37-25-16-20(11-14-24(25)39-18-21-7-6-8-23(32)15-21)17-26-28(34)27(31(36)38-5-2)30(40-26)33-29(35)22-12-9-19(3)10-13-22/h6-17,34H,4-5,18H2,1-3H3/b26-17-,33-30?. The van der Waals surface area contributed by atoms with Crippen LogP contribution in [0, 0.1) is 6.92 Å². The number of nitrogens with zero attached hydrogens (tertiary/aromatic N) is 1. The highest BCUT2D eigenvalue weighted by Gasteiger charge is 2.34. The van der Waals surface area contributed by atoms with Crippen molar-refractivity contribution in [2.75, 3.05) is 13.2 Å². The van der Waals surface area contributed by atoms with Gasteiger partial charge < -0.3 is 19.3 Å². The molecule has 7 nitrogen and oxygen atoms in total. The van der Waals surface area contributed by atoms with E-state index in [1.54, 1.807) is 61.5 Å². The van der Waals surface area contributed by atoms with Gasteiger partial charge in [0, 0.05) is 10.6 Å². The van der Waals surface area contributed by atoms with Gasteiger partial charge in [0.2, 0.25) is 0 Å². The van der Waals surface area contributed by atoms with E-state index in [0.717, 1.165) is 22.9 Å². The van der Waals surface area contributed by atoms with Crippen LogP contribution in [-0.4, -0.2) is 35.2 Å². The molecule has 3 aromatic carbocycles. The number of aliphatic hydroxyl groups is 1. The van der Waals surface area contributed by atoms with E-state index in [1.807, 2.05) is 32.0 Å². The van der Waals surface area contributed by atoms with Gasteiger partial charge in [-0.3, -0.25) is 4.79 Å². The summed E-state index contributed by atoms with van der Waals surface area (Å²) in [6, 6.07) is 19.7. The number of carbonyl (C=O) groups excluding carboxylic acids is 2. The van der Waals surface area contributed by atoms with Gasteiger partial charge in [-0.05, 0) is 74.4 Å². The number of ether oxygens (including phenoxy) is 3. The number of amides is 1. The van der Waals surface area contributed by atoms with Gasteiger partial charge in [0.15, 0.2) is 11.5 Å². The second-order valence-electron chi connectivity index (χ2n) is 8.70. The zero-order valence-corrected chi connectivity index (χ0v) is 23.8. The fourth-order valence-corrected chi connectivity index (χ4v) is 5.01. The fraction of sp³-hybridized carbons (Fsp3) is 0.194. The Morgan fingerprint density at radius 2 is 1.75 bits per heavy atom. The number of rotatable bonds is 9. The number of halogens is 1. The average molecular weight is 578 g/mol. The Bertz CT molecular complexity index is 1510. The summed E-state index contributed by atoms with van der Waals surface area (Å²) in [5, 5.41) is 11.7. The lowest BCUT2D eigenvalue weighted by Gasteiger charge is -2.13. The van der Waals surface area contributed by atoms with Crippen LogP contribution in [0.15, 0.2) is 88.0 Å². The van der Waals surface area contributed by atoms with Crippen molar-refractivity contribution in [1.82, 2.24) is 0 Å². The minimum Gasteiger partial charge on any atom is -0.506 e. The second kappa shape index (κ2) is 13.4. The Balaban J connectivity index is 1.63. The molecule has 0 fully saturated rings. The van der Waals surface area contributed by atoms with E-state index in [4.69, 9.17) is 25.8 Å². The van der Waals surface area contributed by atoms with E-state index in [9.17, 15) is 14.7 Å². The van der Waals surface area contributed by atoms with Crippen molar-refractivity contribution in [3.8, 4) is 11.5 Å². The third-order valence-corrected chi connectivity index (χ3v) is 6.98. The van der Waals surface area contributed by atoms with Crippen molar-refractivity contribution < 1.29 is 28.9 Å². The monoisotopic (exact) mass is 577 g/mol. The van der Waals surface area contributed by atoms with Gasteiger partial charge in [-0.1, -0.05) is 59.3 Å². The number of hydrogen-bond acceptors (Lipinski definition) is 7. The summed E-state index contributed by atoms with van der Waals surface area (Å²) in [7, 11) is 0. The number of carbonyl (C=O) groups is 2. The molecule has 4 rings (SSSR count). The highest BCUT2D eigenvalue weighted by Crippen LogP contribution is 2.40. The SMILES string of the molecule is CCOC(=O)C1=C(O)/C(=C/c2ccc(OCc3cccc(Cl)c3)c(OCC)c2)SC1=NC(=O)c1ccc(C)cc1. The first kappa shape index (κ1) is 29.0. The van der Waals surface area contributed by atoms with Crippen molar-refractivity contribution in [2.24, 2.45) is 4.99 Å². The van der Waals surface area contributed by atoms with E-state index in [-0.39, 0.29) is 23.0 Å². The molecule has 1 heterocycles. The Labute approximate surface area is 242 Å². The normalized spacial score (nSPS) is 15.0. The summed E-state index contributed by atoms with van der Waals surface area (Å²) in [6.07, 6.45) is 1.68. The first-order valence-corrected chi connectivity index (χ1v) is 13.8. The Hall–Kier alpha value is -4.01. The summed E-state index contributed by atoms with van der Waals surface area (Å²) >= 11 is 7.09. The van der Waals surface area contributed by atoms with Crippen LogP contribution in [-0.2, 0) is 16.1 Å². The molecular weight excluding hydrogens is 550 g/mol. The average Bonchev–Trinajstić information content (AvgIpc) is 3.23. The molecule has 0 radical (unpaired) electrons. The molecule has 0 saturated heterocycles. The number of hydrogen-bond donors (Lipinski definition) is 1. The summed E-state index contributed by atoms with van der Waals surface area (Å²) in [6.45, 7) is 6.27. The molecule has 0 aliphatic carbocycles. The van der Waals surface area contributed by atoms with Crippen LogP contribution in [0.2, 0.25) is 5.02 Å². The largest absolute Gasteiger partial charge is 0.506 e. The van der Waals surface area contributed by atoms with Crippen LogP contribution < -0.4 is 9.47 Å². The maximum absolute atomic E-state index is 12.8.